The van der Waals surface area contributed by atoms with E-state index in [2.05, 4.69) is 4.72 Å². The maximum Gasteiger partial charge on any atom is 0.241 e. The van der Waals surface area contributed by atoms with Crippen molar-refractivity contribution in [3.05, 3.63) is 66.2 Å². The largest absolute Gasteiger partial charge is 0.496 e. The van der Waals surface area contributed by atoms with Crippen LogP contribution in [0, 0.1) is 0 Å². The fraction of sp³-hybridized carbons (Fsp3) is 0.200. The zero-order valence-electron chi connectivity index (χ0n) is 15.1. The molecule has 3 aromatic rings. The van der Waals surface area contributed by atoms with Gasteiger partial charge in [-0.2, -0.15) is 0 Å². The number of nitrogens with zero attached hydrogens (tertiary/aromatic N) is 1. The van der Waals surface area contributed by atoms with Crippen LogP contribution in [0.5, 0.6) is 5.75 Å². The summed E-state index contributed by atoms with van der Waals surface area (Å²) >= 11 is 0. The molecule has 0 heterocycles. The second-order valence-electron chi connectivity index (χ2n) is 6.16. The lowest BCUT2D eigenvalue weighted by molar-refractivity contribution is 0.409. The number of anilines is 1. The lowest BCUT2D eigenvalue weighted by atomic mass is 10.1. The first-order valence-electron chi connectivity index (χ1n) is 8.24. The molecule has 0 radical (unpaired) electrons. The van der Waals surface area contributed by atoms with E-state index in [4.69, 9.17) is 4.74 Å². The molecule has 0 fully saturated rings. The number of ether oxygens (including phenoxy) is 1. The summed E-state index contributed by atoms with van der Waals surface area (Å²) in [6.45, 7) is 0.163. The molecule has 26 heavy (non-hydrogen) atoms. The summed E-state index contributed by atoms with van der Waals surface area (Å²) in [6.07, 6.45) is 0. The molecule has 5 nitrogen and oxygen atoms in total. The third-order valence-corrected chi connectivity index (χ3v) is 5.73. The zero-order chi connectivity index (χ0) is 18.7. The Morgan fingerprint density at radius 1 is 0.923 bits per heavy atom. The van der Waals surface area contributed by atoms with E-state index in [-0.39, 0.29) is 11.4 Å². The average molecular weight is 370 g/mol. The van der Waals surface area contributed by atoms with Crippen LogP contribution in [0.15, 0.2) is 65.6 Å². The van der Waals surface area contributed by atoms with Crippen molar-refractivity contribution < 1.29 is 13.2 Å². The van der Waals surface area contributed by atoms with E-state index in [9.17, 15) is 8.42 Å². The van der Waals surface area contributed by atoms with Gasteiger partial charge in [-0.3, -0.25) is 0 Å². The Bertz CT molecular complexity index is 1030. The summed E-state index contributed by atoms with van der Waals surface area (Å²) in [4.78, 5) is 2.25. The molecular weight excluding hydrogens is 348 g/mol. The first-order chi connectivity index (χ1) is 12.4. The highest BCUT2D eigenvalue weighted by molar-refractivity contribution is 7.89. The lowest BCUT2D eigenvalue weighted by Gasteiger charge is -2.17. The van der Waals surface area contributed by atoms with Crippen LogP contribution in [0.2, 0.25) is 0 Å². The van der Waals surface area contributed by atoms with Gasteiger partial charge in [-0.05, 0) is 18.2 Å². The predicted octanol–water partition coefficient (Wildman–Crippen LogP) is 3.39. The molecule has 0 saturated carbocycles. The molecule has 1 N–H and O–H groups in total. The molecule has 0 spiro atoms. The summed E-state index contributed by atoms with van der Waals surface area (Å²) in [5, 5.41) is 1.60. The van der Waals surface area contributed by atoms with Crippen molar-refractivity contribution >= 4 is 26.5 Å². The van der Waals surface area contributed by atoms with Crippen LogP contribution < -0.4 is 14.4 Å². The molecule has 3 rings (SSSR count). The number of methoxy groups -OCH3 is 1. The van der Waals surface area contributed by atoms with Gasteiger partial charge in [0.05, 0.1) is 12.0 Å². The topological polar surface area (TPSA) is 58.6 Å². The second-order valence-corrected chi connectivity index (χ2v) is 7.89. The Morgan fingerprint density at radius 2 is 1.62 bits per heavy atom. The number of hydrogen-bond acceptors (Lipinski definition) is 4. The van der Waals surface area contributed by atoms with E-state index < -0.39 is 10.0 Å². The van der Waals surface area contributed by atoms with Gasteiger partial charge in [0, 0.05) is 42.7 Å². The molecular formula is C20H22N2O3S. The summed E-state index contributed by atoms with van der Waals surface area (Å²) in [5.74, 6) is 0.656. The molecule has 0 amide bonds. The first kappa shape index (κ1) is 18.2. The van der Waals surface area contributed by atoms with Gasteiger partial charge in [-0.1, -0.05) is 42.5 Å². The van der Waals surface area contributed by atoms with E-state index >= 15 is 0 Å². The number of para-hydroxylation sites is 1. The van der Waals surface area contributed by atoms with Crippen LogP contribution in [-0.2, 0) is 16.6 Å². The van der Waals surface area contributed by atoms with E-state index in [1.807, 2.05) is 67.5 Å². The van der Waals surface area contributed by atoms with Crippen LogP contribution in [0.1, 0.15) is 5.56 Å². The number of nitrogens with one attached hydrogen (secondary N) is 1. The van der Waals surface area contributed by atoms with E-state index in [0.717, 1.165) is 16.6 Å². The maximum atomic E-state index is 12.9. The van der Waals surface area contributed by atoms with Crippen LogP contribution in [0.25, 0.3) is 10.8 Å². The van der Waals surface area contributed by atoms with Crippen molar-refractivity contribution in [1.82, 2.24) is 4.72 Å². The minimum Gasteiger partial charge on any atom is -0.496 e. The Kier molecular flexibility index (Phi) is 5.15. The summed E-state index contributed by atoms with van der Waals surface area (Å²) in [5.41, 5.74) is 1.76. The molecule has 0 aromatic heterocycles. The van der Waals surface area contributed by atoms with Crippen molar-refractivity contribution in [3.8, 4) is 5.75 Å². The second kappa shape index (κ2) is 7.35. The summed E-state index contributed by atoms with van der Waals surface area (Å²) in [6, 6.07) is 18.4. The molecule has 0 aliphatic heterocycles. The van der Waals surface area contributed by atoms with Crippen LogP contribution in [-0.4, -0.2) is 29.6 Å². The maximum absolute atomic E-state index is 12.9. The van der Waals surface area contributed by atoms with Crippen molar-refractivity contribution in [2.45, 2.75) is 11.4 Å². The first-order valence-corrected chi connectivity index (χ1v) is 9.73. The normalized spacial score (nSPS) is 11.5. The number of sulfonamides is 1. The number of fused-ring (bicyclic) bond motifs is 1. The third kappa shape index (κ3) is 3.52. The number of benzene rings is 3. The fourth-order valence-electron chi connectivity index (χ4n) is 2.99. The van der Waals surface area contributed by atoms with Gasteiger partial charge in [0.25, 0.3) is 0 Å². The van der Waals surface area contributed by atoms with E-state index in [1.54, 1.807) is 19.2 Å². The highest BCUT2D eigenvalue weighted by Crippen LogP contribution is 2.30. The number of hydrogen-bond donors (Lipinski definition) is 1. The molecule has 3 aromatic carbocycles. The Morgan fingerprint density at radius 3 is 2.35 bits per heavy atom. The fourth-order valence-corrected chi connectivity index (χ4v) is 4.21. The molecule has 0 bridgehead atoms. The molecule has 0 saturated heterocycles. The standard InChI is InChI=1S/C20H22N2O3S/c1-22(2)18-11-6-10-17-16(18)9-7-13-20(17)26(23,24)21-14-15-8-4-5-12-19(15)25-3/h4-13,21H,14H2,1-3H3. The van der Waals surface area contributed by atoms with Gasteiger partial charge < -0.3 is 9.64 Å². The molecule has 6 heteroatoms. The molecule has 0 aliphatic rings. The van der Waals surface area contributed by atoms with E-state index in [0.29, 0.717) is 11.1 Å². The zero-order valence-corrected chi connectivity index (χ0v) is 15.9. The average Bonchev–Trinajstić information content (AvgIpc) is 2.65. The van der Waals surface area contributed by atoms with Crippen LogP contribution >= 0.6 is 0 Å². The quantitative estimate of drug-likeness (QED) is 0.723. The van der Waals surface area contributed by atoms with Crippen molar-refractivity contribution in [1.29, 1.82) is 0 Å². The Labute approximate surface area is 154 Å². The van der Waals surface area contributed by atoms with Crippen LogP contribution in [0.3, 0.4) is 0 Å². The van der Waals surface area contributed by atoms with Gasteiger partial charge in [0.15, 0.2) is 0 Å². The molecule has 0 unspecified atom stereocenters. The van der Waals surface area contributed by atoms with Crippen molar-refractivity contribution in [3.63, 3.8) is 0 Å². The van der Waals surface area contributed by atoms with Crippen LogP contribution in [0.4, 0.5) is 5.69 Å². The van der Waals surface area contributed by atoms with E-state index in [1.165, 1.54) is 0 Å². The highest BCUT2D eigenvalue weighted by Gasteiger charge is 2.19. The van der Waals surface area contributed by atoms with Crippen molar-refractivity contribution in [2.75, 3.05) is 26.1 Å². The summed E-state index contributed by atoms with van der Waals surface area (Å²) < 4.78 is 33.8. The van der Waals surface area contributed by atoms with Gasteiger partial charge in [0.1, 0.15) is 5.75 Å². The Hall–Kier alpha value is -2.57. The van der Waals surface area contributed by atoms with Gasteiger partial charge in [0.2, 0.25) is 10.0 Å². The van der Waals surface area contributed by atoms with Gasteiger partial charge >= 0.3 is 0 Å². The summed E-state index contributed by atoms with van der Waals surface area (Å²) in [7, 11) is 1.77. The molecule has 0 atom stereocenters. The van der Waals surface area contributed by atoms with Gasteiger partial charge in [-0.15, -0.1) is 0 Å². The monoisotopic (exact) mass is 370 g/mol. The van der Waals surface area contributed by atoms with Crippen molar-refractivity contribution in [2.24, 2.45) is 0 Å². The molecule has 0 aliphatic carbocycles. The highest BCUT2D eigenvalue weighted by atomic mass is 32.2. The lowest BCUT2D eigenvalue weighted by Crippen LogP contribution is -2.23. The predicted molar refractivity (Wildman–Crippen MR) is 105 cm³/mol. The number of rotatable bonds is 6. The molecule has 136 valence electrons. The third-order valence-electron chi connectivity index (χ3n) is 4.28. The smallest absolute Gasteiger partial charge is 0.241 e. The van der Waals surface area contributed by atoms with Gasteiger partial charge in [-0.25, -0.2) is 13.1 Å². The SMILES string of the molecule is COc1ccccc1CNS(=O)(=O)c1cccc2c(N(C)C)cccc12. The minimum atomic E-state index is -3.68. The Balaban J connectivity index is 1.98. The minimum absolute atomic E-state index is 0.163.